The van der Waals surface area contributed by atoms with E-state index in [9.17, 15) is 9.59 Å². The van der Waals surface area contributed by atoms with Crippen LogP contribution in [0, 0.1) is 0 Å². The molecule has 7 heteroatoms. The molecule has 1 atom stereocenters. The molecule has 2 heterocycles. The number of hydrogen-bond donors (Lipinski definition) is 1. The number of morpholine rings is 1. The number of nitrogens with zero attached hydrogens (tertiary/aromatic N) is 1. The van der Waals surface area contributed by atoms with Gasteiger partial charge in [0.1, 0.15) is 0 Å². The number of carboxylic acids is 1. The minimum absolute atomic E-state index is 0.0587. The van der Waals surface area contributed by atoms with E-state index in [0.29, 0.717) is 39.6 Å². The second-order valence-electron chi connectivity index (χ2n) is 5.35. The molecule has 0 radical (unpaired) electrons. The highest BCUT2D eigenvalue weighted by Gasteiger charge is 2.29. The Morgan fingerprint density at radius 2 is 1.95 bits per heavy atom. The van der Waals surface area contributed by atoms with Crippen LogP contribution in [-0.4, -0.2) is 73.6 Å². The lowest BCUT2D eigenvalue weighted by Crippen LogP contribution is -2.49. The molecule has 0 bridgehead atoms. The summed E-state index contributed by atoms with van der Waals surface area (Å²) in [5.41, 5.74) is 0. The molecule has 21 heavy (non-hydrogen) atoms. The largest absolute Gasteiger partial charge is 0.481 e. The smallest absolute Gasteiger partial charge is 0.305 e. The number of aliphatic carboxylic acids is 1. The van der Waals surface area contributed by atoms with Crippen LogP contribution in [0.3, 0.4) is 0 Å². The van der Waals surface area contributed by atoms with Crippen molar-refractivity contribution in [2.45, 2.75) is 37.8 Å². The number of carbonyl (C=O) groups excluding carboxylic acids is 1. The lowest BCUT2D eigenvalue weighted by Gasteiger charge is -2.35. The molecule has 1 amide bonds. The van der Waals surface area contributed by atoms with Crippen molar-refractivity contribution in [3.05, 3.63) is 0 Å². The molecule has 2 aliphatic heterocycles. The average molecular weight is 301 g/mol. The minimum Gasteiger partial charge on any atom is -0.481 e. The highest BCUT2D eigenvalue weighted by atomic mass is 16.5. The van der Waals surface area contributed by atoms with E-state index in [-0.39, 0.29) is 30.9 Å². The van der Waals surface area contributed by atoms with Crippen LogP contribution in [0.25, 0.3) is 0 Å². The predicted molar refractivity (Wildman–Crippen MR) is 73.0 cm³/mol. The van der Waals surface area contributed by atoms with Gasteiger partial charge in [0.2, 0.25) is 5.91 Å². The van der Waals surface area contributed by atoms with Crippen LogP contribution in [0.15, 0.2) is 0 Å². The Hall–Kier alpha value is -1.18. The van der Waals surface area contributed by atoms with Crippen molar-refractivity contribution in [3.8, 4) is 0 Å². The third kappa shape index (κ3) is 5.26. The number of ether oxygens (including phenoxy) is 3. The Labute approximate surface area is 124 Å². The summed E-state index contributed by atoms with van der Waals surface area (Å²) in [6.07, 6.45) is 2.12. The molecule has 0 aromatic heterocycles. The first kappa shape index (κ1) is 16.2. The summed E-state index contributed by atoms with van der Waals surface area (Å²) >= 11 is 0. The van der Waals surface area contributed by atoms with Gasteiger partial charge in [-0.1, -0.05) is 0 Å². The zero-order chi connectivity index (χ0) is 15.1. The Balaban J connectivity index is 1.73. The summed E-state index contributed by atoms with van der Waals surface area (Å²) in [6, 6.07) is -0.369. The number of rotatable bonds is 6. The number of hydrogen-bond acceptors (Lipinski definition) is 5. The van der Waals surface area contributed by atoms with Crippen LogP contribution >= 0.6 is 0 Å². The second-order valence-corrected chi connectivity index (χ2v) is 5.35. The zero-order valence-corrected chi connectivity index (χ0v) is 12.2. The maximum Gasteiger partial charge on any atom is 0.305 e. The molecule has 0 aromatic carbocycles. The Kier molecular flexibility index (Phi) is 6.41. The Morgan fingerprint density at radius 3 is 2.67 bits per heavy atom. The zero-order valence-electron chi connectivity index (χ0n) is 12.2. The molecular formula is C14H23NO6. The Bertz CT molecular complexity index is 355. The van der Waals surface area contributed by atoms with Gasteiger partial charge in [0.05, 0.1) is 44.8 Å². The van der Waals surface area contributed by atoms with Crippen molar-refractivity contribution < 1.29 is 28.9 Å². The molecule has 7 nitrogen and oxygen atoms in total. The van der Waals surface area contributed by atoms with E-state index < -0.39 is 5.97 Å². The lowest BCUT2D eigenvalue weighted by atomic mass is 10.1. The summed E-state index contributed by atoms with van der Waals surface area (Å²) in [6.45, 7) is 3.00. The molecule has 0 aromatic rings. The first-order chi connectivity index (χ1) is 10.2. The van der Waals surface area contributed by atoms with Crippen molar-refractivity contribution in [1.82, 2.24) is 4.90 Å². The molecule has 1 N–H and O–H groups in total. The fourth-order valence-electron chi connectivity index (χ4n) is 2.65. The van der Waals surface area contributed by atoms with Gasteiger partial charge in [-0.05, 0) is 12.8 Å². The van der Waals surface area contributed by atoms with Crippen LogP contribution in [0.2, 0.25) is 0 Å². The minimum atomic E-state index is -0.915. The average Bonchev–Trinajstić information content (AvgIpc) is 2.48. The van der Waals surface area contributed by atoms with E-state index in [1.165, 1.54) is 0 Å². The van der Waals surface area contributed by atoms with E-state index in [0.717, 1.165) is 12.8 Å². The third-order valence-electron chi connectivity index (χ3n) is 3.80. The van der Waals surface area contributed by atoms with Gasteiger partial charge in [-0.15, -0.1) is 0 Å². The van der Waals surface area contributed by atoms with Gasteiger partial charge in [0.15, 0.2) is 0 Å². The molecule has 2 aliphatic rings. The number of carboxylic acid groups (broad SMARTS) is 1. The lowest BCUT2D eigenvalue weighted by molar-refractivity contribution is -0.147. The molecule has 1 unspecified atom stereocenters. The number of amides is 1. The molecule has 2 fully saturated rings. The van der Waals surface area contributed by atoms with E-state index in [1.807, 2.05) is 0 Å². The highest BCUT2D eigenvalue weighted by Crippen LogP contribution is 2.14. The third-order valence-corrected chi connectivity index (χ3v) is 3.80. The topological polar surface area (TPSA) is 85.3 Å². The first-order valence-electron chi connectivity index (χ1n) is 7.45. The summed E-state index contributed by atoms with van der Waals surface area (Å²) in [4.78, 5) is 24.6. The molecule has 0 aliphatic carbocycles. The SMILES string of the molecule is O=C(O)CC1COCCN1C(=O)CCOC1CCOCC1. The number of carbonyl (C=O) groups is 2. The van der Waals surface area contributed by atoms with Crippen LogP contribution in [-0.2, 0) is 23.8 Å². The van der Waals surface area contributed by atoms with Crippen molar-refractivity contribution in [3.63, 3.8) is 0 Å². The van der Waals surface area contributed by atoms with Gasteiger partial charge in [0.25, 0.3) is 0 Å². The summed E-state index contributed by atoms with van der Waals surface area (Å²) in [5.74, 6) is -0.974. The van der Waals surface area contributed by atoms with Crippen LogP contribution in [0.1, 0.15) is 25.7 Å². The molecule has 2 saturated heterocycles. The van der Waals surface area contributed by atoms with Crippen molar-refractivity contribution in [2.75, 3.05) is 39.6 Å². The van der Waals surface area contributed by atoms with Gasteiger partial charge in [-0.3, -0.25) is 9.59 Å². The fourth-order valence-corrected chi connectivity index (χ4v) is 2.65. The predicted octanol–water partition coefficient (Wildman–Crippen LogP) is 0.274. The molecule has 0 spiro atoms. The fraction of sp³-hybridized carbons (Fsp3) is 0.857. The van der Waals surface area contributed by atoms with Gasteiger partial charge >= 0.3 is 5.97 Å². The van der Waals surface area contributed by atoms with Crippen molar-refractivity contribution in [1.29, 1.82) is 0 Å². The van der Waals surface area contributed by atoms with Crippen LogP contribution < -0.4 is 0 Å². The normalized spacial score (nSPS) is 24.0. The summed E-state index contributed by atoms with van der Waals surface area (Å²) in [5, 5.41) is 8.88. The highest BCUT2D eigenvalue weighted by molar-refractivity contribution is 5.78. The van der Waals surface area contributed by atoms with Gasteiger partial charge in [0, 0.05) is 19.8 Å². The first-order valence-corrected chi connectivity index (χ1v) is 7.45. The van der Waals surface area contributed by atoms with Crippen molar-refractivity contribution in [2.24, 2.45) is 0 Å². The van der Waals surface area contributed by atoms with E-state index >= 15 is 0 Å². The van der Waals surface area contributed by atoms with E-state index in [2.05, 4.69) is 0 Å². The Morgan fingerprint density at radius 1 is 1.19 bits per heavy atom. The molecular weight excluding hydrogens is 278 g/mol. The molecule has 2 rings (SSSR count). The van der Waals surface area contributed by atoms with Crippen LogP contribution in [0.4, 0.5) is 0 Å². The van der Waals surface area contributed by atoms with E-state index in [4.69, 9.17) is 19.3 Å². The standard InChI is InChI=1S/C14H23NO6/c16-13(3-7-21-12-1-5-19-6-2-12)15-4-8-20-10-11(15)9-14(17)18/h11-12H,1-10H2,(H,17,18). The maximum absolute atomic E-state index is 12.2. The van der Waals surface area contributed by atoms with Gasteiger partial charge < -0.3 is 24.2 Å². The molecule has 0 saturated carbocycles. The van der Waals surface area contributed by atoms with Gasteiger partial charge in [-0.25, -0.2) is 0 Å². The maximum atomic E-state index is 12.2. The summed E-state index contributed by atoms with van der Waals surface area (Å²) < 4.78 is 16.2. The van der Waals surface area contributed by atoms with Crippen LogP contribution in [0.5, 0.6) is 0 Å². The van der Waals surface area contributed by atoms with Crippen molar-refractivity contribution >= 4 is 11.9 Å². The molecule has 120 valence electrons. The monoisotopic (exact) mass is 301 g/mol. The summed E-state index contributed by atoms with van der Waals surface area (Å²) in [7, 11) is 0. The van der Waals surface area contributed by atoms with Gasteiger partial charge in [-0.2, -0.15) is 0 Å². The second kappa shape index (κ2) is 8.31. The van der Waals surface area contributed by atoms with E-state index in [1.54, 1.807) is 4.90 Å². The quantitative estimate of drug-likeness (QED) is 0.758.